The molecule has 0 bridgehead atoms. The van der Waals surface area contributed by atoms with Gasteiger partial charge in [0.05, 0.1) is 16.7 Å². The van der Waals surface area contributed by atoms with Crippen molar-refractivity contribution in [3.63, 3.8) is 0 Å². The van der Waals surface area contributed by atoms with E-state index in [2.05, 4.69) is 89.9 Å². The third-order valence-corrected chi connectivity index (χ3v) is 6.55. The predicted octanol–water partition coefficient (Wildman–Crippen LogP) is 7.82. The lowest BCUT2D eigenvalue weighted by Crippen LogP contribution is -1.92. The Morgan fingerprint density at radius 2 is 1.35 bits per heavy atom. The third-order valence-electron chi connectivity index (χ3n) is 6.55. The maximum Gasteiger partial charge on any atom is 0.0788 e. The Labute approximate surface area is 196 Å². The lowest BCUT2D eigenvalue weighted by molar-refractivity contribution is 1.33. The van der Waals surface area contributed by atoms with E-state index in [9.17, 15) is 0 Å². The van der Waals surface area contributed by atoms with Gasteiger partial charge in [-0.2, -0.15) is 0 Å². The zero-order valence-electron chi connectivity index (χ0n) is 18.3. The Balaban J connectivity index is 1.63. The summed E-state index contributed by atoms with van der Waals surface area (Å²) < 4.78 is 0. The highest BCUT2D eigenvalue weighted by Gasteiger charge is 2.15. The fraction of sp³-hybridized carbons (Fsp3) is 0. The van der Waals surface area contributed by atoms with Crippen molar-refractivity contribution in [3.05, 3.63) is 116 Å². The first-order valence-electron chi connectivity index (χ1n) is 11.4. The smallest absolute Gasteiger partial charge is 0.0788 e. The molecule has 0 aliphatic heterocycles. The van der Waals surface area contributed by atoms with Crippen molar-refractivity contribution in [2.45, 2.75) is 0 Å². The van der Waals surface area contributed by atoms with Crippen LogP contribution in [0, 0.1) is 0 Å². The number of fused-ring (bicyclic) bond motifs is 7. The van der Waals surface area contributed by atoms with Crippen LogP contribution in [0.15, 0.2) is 116 Å². The van der Waals surface area contributed by atoms with Crippen molar-refractivity contribution >= 4 is 43.4 Å². The molecule has 7 rings (SSSR count). The van der Waals surface area contributed by atoms with Gasteiger partial charge in [-0.15, -0.1) is 0 Å². The van der Waals surface area contributed by atoms with E-state index in [1.165, 1.54) is 16.2 Å². The molecule has 0 saturated carbocycles. The average Bonchev–Trinajstić information content (AvgIpc) is 2.92. The first-order valence-corrected chi connectivity index (χ1v) is 11.4. The predicted molar refractivity (Wildman–Crippen MR) is 141 cm³/mol. The molecule has 3 aromatic heterocycles. The van der Waals surface area contributed by atoms with Crippen LogP contribution < -0.4 is 0 Å². The highest BCUT2D eigenvalue weighted by atomic mass is 14.7. The van der Waals surface area contributed by atoms with Crippen LogP contribution in [0.2, 0.25) is 0 Å². The summed E-state index contributed by atoms with van der Waals surface area (Å²) in [6.45, 7) is 0. The van der Waals surface area contributed by atoms with E-state index in [4.69, 9.17) is 9.97 Å². The van der Waals surface area contributed by atoms with Gasteiger partial charge in [0, 0.05) is 56.6 Å². The van der Waals surface area contributed by atoms with Crippen molar-refractivity contribution in [2.24, 2.45) is 0 Å². The minimum absolute atomic E-state index is 0.981. The third kappa shape index (κ3) is 2.87. The first kappa shape index (κ1) is 18.9. The van der Waals surface area contributed by atoms with Crippen molar-refractivity contribution < 1.29 is 0 Å². The molecule has 0 saturated heterocycles. The molecule has 0 atom stereocenters. The van der Waals surface area contributed by atoms with E-state index in [1.807, 2.05) is 24.5 Å². The molecule has 3 heterocycles. The summed E-state index contributed by atoms with van der Waals surface area (Å²) in [7, 11) is 0. The number of aromatic nitrogens is 3. The molecule has 0 amide bonds. The van der Waals surface area contributed by atoms with Gasteiger partial charge in [0.1, 0.15) is 0 Å². The van der Waals surface area contributed by atoms with Crippen LogP contribution >= 0.6 is 0 Å². The molecule has 0 unspecified atom stereocenters. The number of benzene rings is 4. The zero-order valence-corrected chi connectivity index (χ0v) is 18.3. The Hall–Kier alpha value is -4.63. The lowest BCUT2D eigenvalue weighted by atomic mass is 9.93. The Morgan fingerprint density at radius 3 is 2.29 bits per heavy atom. The van der Waals surface area contributed by atoms with Crippen LogP contribution in [0.5, 0.6) is 0 Å². The molecule has 0 aliphatic rings. The molecule has 7 aromatic rings. The van der Waals surface area contributed by atoms with Crippen LogP contribution in [0.3, 0.4) is 0 Å². The highest BCUT2D eigenvalue weighted by Crippen LogP contribution is 2.39. The van der Waals surface area contributed by atoms with Gasteiger partial charge >= 0.3 is 0 Å². The summed E-state index contributed by atoms with van der Waals surface area (Å²) >= 11 is 0. The monoisotopic (exact) mass is 433 g/mol. The van der Waals surface area contributed by atoms with Gasteiger partial charge in [-0.3, -0.25) is 9.97 Å². The summed E-state index contributed by atoms with van der Waals surface area (Å²) in [6.07, 6.45) is 5.58. The number of rotatable bonds is 2. The molecule has 3 nitrogen and oxygen atoms in total. The molecule has 3 heteroatoms. The van der Waals surface area contributed by atoms with E-state index < -0.39 is 0 Å². The van der Waals surface area contributed by atoms with E-state index in [-0.39, 0.29) is 0 Å². The molecule has 4 aromatic carbocycles. The van der Waals surface area contributed by atoms with Gasteiger partial charge in [0.25, 0.3) is 0 Å². The quantitative estimate of drug-likeness (QED) is 0.261. The number of para-hydroxylation sites is 1. The fourth-order valence-electron chi connectivity index (χ4n) is 4.99. The summed E-state index contributed by atoms with van der Waals surface area (Å²) in [4.78, 5) is 14.2. The van der Waals surface area contributed by atoms with E-state index >= 15 is 0 Å². The first-order chi connectivity index (χ1) is 16.9. The second-order valence-corrected chi connectivity index (χ2v) is 8.53. The average molecular weight is 434 g/mol. The van der Waals surface area contributed by atoms with Crippen molar-refractivity contribution in [1.29, 1.82) is 0 Å². The number of hydrogen-bond acceptors (Lipinski definition) is 3. The van der Waals surface area contributed by atoms with Gasteiger partial charge in [-0.05, 0) is 35.2 Å². The van der Waals surface area contributed by atoms with E-state index in [0.717, 1.165) is 49.6 Å². The Bertz CT molecular complexity index is 1860. The van der Waals surface area contributed by atoms with Gasteiger partial charge in [-0.1, -0.05) is 72.8 Å². The van der Waals surface area contributed by atoms with E-state index in [0.29, 0.717) is 0 Å². The van der Waals surface area contributed by atoms with Gasteiger partial charge < -0.3 is 0 Å². The maximum absolute atomic E-state index is 5.16. The van der Waals surface area contributed by atoms with Crippen molar-refractivity contribution in [1.82, 2.24) is 15.0 Å². The van der Waals surface area contributed by atoms with Crippen LogP contribution in [-0.4, -0.2) is 15.0 Å². The molecular formula is C31H19N3. The Morgan fingerprint density at radius 1 is 0.529 bits per heavy atom. The SMILES string of the molecule is c1cncc(-c2cccc(-c3nc4ccccc4c4c3ccc3ccc5cccnc5c34)c2)c1. The molecule has 0 spiro atoms. The second-order valence-electron chi connectivity index (χ2n) is 8.53. The zero-order chi connectivity index (χ0) is 22.5. The normalized spacial score (nSPS) is 11.5. The van der Waals surface area contributed by atoms with Gasteiger partial charge in [-0.25, -0.2) is 4.98 Å². The Kier molecular flexibility index (Phi) is 4.15. The number of pyridine rings is 3. The topological polar surface area (TPSA) is 38.7 Å². The van der Waals surface area contributed by atoms with Crippen molar-refractivity contribution in [3.8, 4) is 22.4 Å². The summed E-state index contributed by atoms with van der Waals surface area (Å²) in [5.74, 6) is 0. The summed E-state index contributed by atoms with van der Waals surface area (Å²) in [6, 6.07) is 33.9. The summed E-state index contributed by atoms with van der Waals surface area (Å²) in [5, 5.41) is 6.99. The van der Waals surface area contributed by atoms with Crippen LogP contribution in [0.1, 0.15) is 0 Å². The van der Waals surface area contributed by atoms with Gasteiger partial charge in [0.2, 0.25) is 0 Å². The minimum atomic E-state index is 0.981. The standard InChI is InChI=1S/C31H19N3/c1-2-11-27-25(10-1)29-26(15-14-20-12-13-21-8-5-17-33-31(21)28(20)29)30(34-27)23-7-3-6-22(18-23)24-9-4-16-32-19-24/h1-19H. The van der Waals surface area contributed by atoms with Crippen LogP contribution in [0.4, 0.5) is 0 Å². The molecular weight excluding hydrogens is 414 g/mol. The molecule has 0 radical (unpaired) electrons. The highest BCUT2D eigenvalue weighted by molar-refractivity contribution is 6.28. The van der Waals surface area contributed by atoms with Crippen LogP contribution in [0.25, 0.3) is 65.7 Å². The molecule has 0 fully saturated rings. The number of hydrogen-bond donors (Lipinski definition) is 0. The lowest BCUT2D eigenvalue weighted by Gasteiger charge is -2.14. The maximum atomic E-state index is 5.16. The van der Waals surface area contributed by atoms with Crippen LogP contribution in [-0.2, 0) is 0 Å². The second kappa shape index (κ2) is 7.46. The molecule has 158 valence electrons. The fourth-order valence-corrected chi connectivity index (χ4v) is 4.99. The summed E-state index contributed by atoms with van der Waals surface area (Å²) in [5.41, 5.74) is 6.30. The number of nitrogens with zero attached hydrogens (tertiary/aromatic N) is 3. The van der Waals surface area contributed by atoms with E-state index in [1.54, 1.807) is 6.20 Å². The molecule has 0 N–H and O–H groups in total. The molecule has 0 aliphatic carbocycles. The largest absolute Gasteiger partial charge is 0.264 e. The van der Waals surface area contributed by atoms with Crippen molar-refractivity contribution in [2.75, 3.05) is 0 Å². The van der Waals surface area contributed by atoms with Gasteiger partial charge in [0.15, 0.2) is 0 Å². The minimum Gasteiger partial charge on any atom is -0.264 e. The molecule has 34 heavy (non-hydrogen) atoms.